The van der Waals surface area contributed by atoms with Crippen LogP contribution in [0.25, 0.3) is 21.7 Å². The Kier molecular flexibility index (Phi) is 8.84. The van der Waals surface area contributed by atoms with Crippen LogP contribution in [-0.4, -0.2) is 76.5 Å². The maximum atomic E-state index is 12.0. The largest absolute Gasteiger partial charge is 0.480 e. The molecule has 13 heteroatoms. The minimum atomic E-state index is -0.629. The van der Waals surface area contributed by atoms with Crippen LogP contribution in [-0.2, 0) is 33.3 Å². The molecule has 12 nitrogen and oxygen atoms in total. The molecule has 1 aromatic carbocycles. The van der Waals surface area contributed by atoms with Crippen molar-refractivity contribution in [1.82, 2.24) is 4.98 Å². The number of aromatic nitrogens is 1. The quantitative estimate of drug-likeness (QED) is 0.270. The molecule has 3 rings (SSSR count). The number of benzene rings is 1. The first kappa shape index (κ1) is 26.5. The van der Waals surface area contributed by atoms with E-state index in [-0.39, 0.29) is 31.1 Å². The first-order valence-corrected chi connectivity index (χ1v) is 11.4. The molecule has 0 radical (unpaired) electrons. The lowest BCUT2D eigenvalue weighted by atomic mass is 10.2. The SMILES string of the molecule is CCOC(=O)c1cnc(-c2cc3cc(OCC(=O)OC)c(N(CC(=O)OC)CC(=O)OC)cc3o2)s1. The van der Waals surface area contributed by atoms with Gasteiger partial charge in [0, 0.05) is 11.5 Å². The highest BCUT2D eigenvalue weighted by Crippen LogP contribution is 2.38. The number of fused-ring (bicyclic) bond motifs is 1. The minimum absolute atomic E-state index is 0.180. The second-order valence-corrected chi connectivity index (χ2v) is 8.12. The molecule has 0 unspecified atom stereocenters. The molecule has 0 amide bonds. The van der Waals surface area contributed by atoms with E-state index >= 15 is 0 Å². The number of furan rings is 1. The number of hydrogen-bond acceptors (Lipinski definition) is 13. The predicted molar refractivity (Wildman–Crippen MR) is 127 cm³/mol. The van der Waals surface area contributed by atoms with E-state index in [0.717, 1.165) is 11.3 Å². The number of carbonyl (C=O) groups is 4. The molecular weight excluding hydrogens is 496 g/mol. The summed E-state index contributed by atoms with van der Waals surface area (Å²) in [6.45, 7) is 0.907. The fourth-order valence-corrected chi connectivity index (χ4v) is 3.83. The topological polar surface area (TPSA) is 144 Å². The molecule has 0 N–H and O–H groups in total. The van der Waals surface area contributed by atoms with E-state index in [0.29, 0.717) is 26.6 Å². The van der Waals surface area contributed by atoms with Gasteiger partial charge >= 0.3 is 23.9 Å². The second-order valence-electron chi connectivity index (χ2n) is 7.09. The molecule has 0 bridgehead atoms. The lowest BCUT2D eigenvalue weighted by Gasteiger charge is -2.24. The van der Waals surface area contributed by atoms with Crippen LogP contribution < -0.4 is 9.64 Å². The average molecular weight is 521 g/mol. The molecule has 0 atom stereocenters. The first-order valence-electron chi connectivity index (χ1n) is 10.6. The summed E-state index contributed by atoms with van der Waals surface area (Å²) in [7, 11) is 3.65. The van der Waals surface area contributed by atoms with Gasteiger partial charge in [-0.2, -0.15) is 0 Å². The number of thiazole rings is 1. The standard InChI is InChI=1S/C23H24N2O10S/c1-5-33-23(29)18-9-24-22(36-18)17-7-13-6-16(34-12-21(28)32-4)14(8-15(13)35-17)25(10-19(26)30-2)11-20(27)31-3/h6-9H,5,10-12H2,1-4H3. The fourth-order valence-electron chi connectivity index (χ4n) is 3.07. The number of nitrogens with zero attached hydrogens (tertiary/aromatic N) is 2. The van der Waals surface area contributed by atoms with E-state index in [1.165, 1.54) is 32.4 Å². The van der Waals surface area contributed by atoms with E-state index in [2.05, 4.69) is 9.72 Å². The Morgan fingerprint density at radius 3 is 2.25 bits per heavy atom. The van der Waals surface area contributed by atoms with Gasteiger partial charge < -0.3 is 33.0 Å². The highest BCUT2D eigenvalue weighted by molar-refractivity contribution is 7.16. The van der Waals surface area contributed by atoms with Gasteiger partial charge in [0.2, 0.25) is 0 Å². The number of rotatable bonds is 11. The zero-order chi connectivity index (χ0) is 26.2. The first-order chi connectivity index (χ1) is 17.3. The number of ether oxygens (including phenoxy) is 5. The number of esters is 4. The van der Waals surface area contributed by atoms with Gasteiger partial charge in [0.05, 0.1) is 39.8 Å². The Bertz CT molecular complexity index is 1250. The molecule has 0 aliphatic rings. The van der Waals surface area contributed by atoms with Crippen LogP contribution in [0.3, 0.4) is 0 Å². The van der Waals surface area contributed by atoms with Crippen LogP contribution in [0.15, 0.2) is 28.8 Å². The highest BCUT2D eigenvalue weighted by atomic mass is 32.1. The summed E-state index contributed by atoms with van der Waals surface area (Å²) in [4.78, 5) is 53.7. The normalized spacial score (nSPS) is 10.6. The van der Waals surface area contributed by atoms with Crippen LogP contribution in [0.4, 0.5) is 5.69 Å². The molecule has 2 aromatic heterocycles. The predicted octanol–water partition coefficient (Wildman–Crippen LogP) is 2.44. The van der Waals surface area contributed by atoms with Crippen molar-refractivity contribution in [3.63, 3.8) is 0 Å². The minimum Gasteiger partial charge on any atom is -0.480 e. The van der Waals surface area contributed by atoms with E-state index in [9.17, 15) is 19.2 Å². The molecule has 192 valence electrons. The third-order valence-electron chi connectivity index (χ3n) is 4.80. The molecule has 36 heavy (non-hydrogen) atoms. The van der Waals surface area contributed by atoms with E-state index in [1.54, 1.807) is 25.1 Å². The number of anilines is 1. The van der Waals surface area contributed by atoms with Crippen LogP contribution in [0, 0.1) is 0 Å². The summed E-state index contributed by atoms with van der Waals surface area (Å²) in [5.74, 6) is -1.80. The van der Waals surface area contributed by atoms with Crippen molar-refractivity contribution < 1.29 is 47.3 Å². The average Bonchev–Trinajstić information content (AvgIpc) is 3.53. The lowest BCUT2D eigenvalue weighted by Crippen LogP contribution is -2.36. The fraction of sp³-hybridized carbons (Fsp3) is 0.348. The molecule has 0 aliphatic carbocycles. The summed E-state index contributed by atoms with van der Waals surface area (Å²) in [6, 6.07) is 4.82. The second kappa shape index (κ2) is 12.0. The van der Waals surface area contributed by atoms with Gasteiger partial charge in [0.1, 0.15) is 29.3 Å². The Hall–Kier alpha value is -4.13. The van der Waals surface area contributed by atoms with Crippen molar-refractivity contribution in [1.29, 1.82) is 0 Å². The molecule has 0 fully saturated rings. The summed E-state index contributed by atoms with van der Waals surface area (Å²) < 4.78 is 30.7. The van der Waals surface area contributed by atoms with Crippen LogP contribution in [0.2, 0.25) is 0 Å². The monoisotopic (exact) mass is 520 g/mol. The van der Waals surface area contributed by atoms with Crippen LogP contribution >= 0.6 is 11.3 Å². The molecule has 0 saturated heterocycles. The number of hydrogen-bond donors (Lipinski definition) is 0. The van der Waals surface area contributed by atoms with Gasteiger partial charge in [0.15, 0.2) is 17.4 Å². The van der Waals surface area contributed by atoms with Crippen molar-refractivity contribution in [3.05, 3.63) is 29.3 Å². The molecule has 0 aliphatic heterocycles. The van der Waals surface area contributed by atoms with Crippen LogP contribution in [0.5, 0.6) is 5.75 Å². The van der Waals surface area contributed by atoms with Gasteiger partial charge in [-0.15, -0.1) is 11.3 Å². The van der Waals surface area contributed by atoms with Gasteiger partial charge in [-0.1, -0.05) is 0 Å². The van der Waals surface area contributed by atoms with Crippen LogP contribution in [0.1, 0.15) is 16.6 Å². The van der Waals surface area contributed by atoms with Gasteiger partial charge in [-0.25, -0.2) is 14.6 Å². The Balaban J connectivity index is 2.06. The summed E-state index contributed by atoms with van der Waals surface area (Å²) >= 11 is 1.10. The Morgan fingerprint density at radius 1 is 0.972 bits per heavy atom. The molecular formula is C23H24N2O10S. The van der Waals surface area contributed by atoms with Crippen molar-refractivity contribution >= 4 is 51.9 Å². The van der Waals surface area contributed by atoms with Crippen molar-refractivity contribution in [2.45, 2.75) is 6.92 Å². The Labute approximate surface area is 209 Å². The van der Waals surface area contributed by atoms with Crippen molar-refractivity contribution in [2.24, 2.45) is 0 Å². The maximum Gasteiger partial charge on any atom is 0.349 e. The smallest absolute Gasteiger partial charge is 0.349 e. The van der Waals surface area contributed by atoms with Crippen molar-refractivity contribution in [2.75, 3.05) is 52.5 Å². The third-order valence-corrected chi connectivity index (χ3v) is 5.79. The molecule has 0 saturated carbocycles. The van der Waals surface area contributed by atoms with E-state index in [1.807, 2.05) is 0 Å². The number of methoxy groups -OCH3 is 3. The van der Waals surface area contributed by atoms with E-state index < -0.39 is 30.5 Å². The highest BCUT2D eigenvalue weighted by Gasteiger charge is 2.23. The van der Waals surface area contributed by atoms with Gasteiger partial charge in [-0.3, -0.25) is 9.59 Å². The molecule has 2 heterocycles. The zero-order valence-electron chi connectivity index (χ0n) is 20.0. The maximum absolute atomic E-state index is 12.0. The van der Waals surface area contributed by atoms with Crippen molar-refractivity contribution in [3.8, 4) is 16.5 Å². The summed E-state index contributed by atoms with van der Waals surface area (Å²) in [6.07, 6.45) is 1.40. The number of carbonyl (C=O) groups excluding carboxylic acids is 4. The zero-order valence-corrected chi connectivity index (χ0v) is 20.8. The summed E-state index contributed by atoms with van der Waals surface area (Å²) in [5, 5.41) is 1.02. The molecule has 3 aromatic rings. The Morgan fingerprint density at radius 2 is 1.64 bits per heavy atom. The van der Waals surface area contributed by atoms with E-state index in [4.69, 9.17) is 23.4 Å². The summed E-state index contributed by atoms with van der Waals surface area (Å²) in [5.41, 5.74) is 0.646. The lowest BCUT2D eigenvalue weighted by molar-refractivity contribution is -0.143. The third kappa shape index (κ3) is 6.30. The molecule has 0 spiro atoms. The van der Waals surface area contributed by atoms with Gasteiger partial charge in [-0.05, 0) is 19.1 Å². The van der Waals surface area contributed by atoms with Gasteiger partial charge in [0.25, 0.3) is 0 Å².